The maximum atomic E-state index is 13.2. The highest BCUT2D eigenvalue weighted by Gasteiger charge is 2.29. The predicted octanol–water partition coefficient (Wildman–Crippen LogP) is 9.01. The second-order valence-electron chi connectivity index (χ2n) is 18.3. The highest BCUT2D eigenvalue weighted by Crippen LogP contribution is 2.39. The molecule has 2 amide bonds. The fourth-order valence-corrected chi connectivity index (χ4v) is 7.91. The minimum absolute atomic E-state index is 0.00201. The van der Waals surface area contributed by atoms with Gasteiger partial charge in [0.15, 0.2) is 0 Å². The number of carbonyl (C=O) groups is 3. The molecule has 1 fully saturated rings. The summed E-state index contributed by atoms with van der Waals surface area (Å²) in [6.45, 7) is 16.1. The molecule has 1 saturated heterocycles. The van der Waals surface area contributed by atoms with Gasteiger partial charge >= 0.3 is 12.1 Å². The van der Waals surface area contributed by atoms with Gasteiger partial charge in [0.25, 0.3) is 0 Å². The number of anilines is 1. The Bertz CT molecular complexity index is 2410. The van der Waals surface area contributed by atoms with Gasteiger partial charge < -0.3 is 34.9 Å². The van der Waals surface area contributed by atoms with E-state index in [2.05, 4.69) is 24.5 Å². The number of nitrogen functional groups attached to an aromatic ring is 1. The van der Waals surface area contributed by atoms with E-state index in [0.717, 1.165) is 49.8 Å². The summed E-state index contributed by atoms with van der Waals surface area (Å²) < 4.78 is 24.8. The molecular formula is C50H63ClN6O7. The van der Waals surface area contributed by atoms with Crippen LogP contribution in [0.4, 0.5) is 10.5 Å². The molecule has 0 aliphatic carbocycles. The van der Waals surface area contributed by atoms with Crippen LogP contribution in [0.1, 0.15) is 78.0 Å². The molecule has 0 saturated carbocycles. The van der Waals surface area contributed by atoms with Gasteiger partial charge in [-0.2, -0.15) is 5.10 Å². The molecule has 0 unspecified atom stereocenters. The third kappa shape index (κ3) is 12.5. The number of rotatable bonds is 19. The molecule has 13 nitrogen and oxygen atoms in total. The fourth-order valence-electron chi connectivity index (χ4n) is 7.57. The Kier molecular flexibility index (Phi) is 16.0. The van der Waals surface area contributed by atoms with E-state index >= 15 is 0 Å². The number of nitrogens with zero attached hydrogens (tertiary/aromatic N) is 3. The number of ether oxygens (including phenoxy) is 4. The molecule has 64 heavy (non-hydrogen) atoms. The Morgan fingerprint density at radius 1 is 0.953 bits per heavy atom. The van der Waals surface area contributed by atoms with Gasteiger partial charge in [0.05, 0.1) is 43.6 Å². The van der Waals surface area contributed by atoms with E-state index in [0.29, 0.717) is 74.6 Å². The molecular weight excluding hydrogens is 832 g/mol. The van der Waals surface area contributed by atoms with Gasteiger partial charge in [-0.05, 0) is 73.9 Å². The summed E-state index contributed by atoms with van der Waals surface area (Å²) in [5, 5.41) is 12.6. The lowest BCUT2D eigenvalue weighted by Gasteiger charge is -2.29. The number of esters is 1. The monoisotopic (exact) mass is 894 g/mol. The first-order valence-electron chi connectivity index (χ1n) is 22.0. The molecule has 1 aliphatic heterocycles. The smallest absolute Gasteiger partial charge is 0.410 e. The molecule has 14 heteroatoms. The molecule has 4 N–H and O–H groups in total. The maximum Gasteiger partial charge on any atom is 0.410 e. The molecule has 1 aromatic heterocycles. The van der Waals surface area contributed by atoms with Crippen LogP contribution in [0.3, 0.4) is 0 Å². The first-order valence-corrected chi connectivity index (χ1v) is 22.4. The number of methoxy groups -OCH3 is 1. The zero-order valence-electron chi connectivity index (χ0n) is 38.3. The molecule has 6 rings (SSSR count). The number of fused-ring (bicyclic) bond motifs is 1. The molecule has 0 spiro atoms. The Labute approximate surface area is 381 Å². The van der Waals surface area contributed by atoms with Crippen LogP contribution < -0.4 is 21.1 Å². The third-order valence-corrected chi connectivity index (χ3v) is 11.2. The molecule has 1 aliphatic rings. The van der Waals surface area contributed by atoms with E-state index in [1.54, 1.807) is 12.0 Å². The lowest BCUT2D eigenvalue weighted by molar-refractivity contribution is -0.149. The van der Waals surface area contributed by atoms with Crippen molar-refractivity contribution >= 4 is 46.2 Å². The molecule has 5 aromatic rings. The number of halogens is 1. The van der Waals surface area contributed by atoms with Crippen molar-refractivity contribution < 1.29 is 33.3 Å². The van der Waals surface area contributed by atoms with E-state index in [4.69, 9.17) is 41.4 Å². The summed E-state index contributed by atoms with van der Waals surface area (Å²) in [7, 11) is 1.61. The third-order valence-electron chi connectivity index (χ3n) is 10.8. The SMILES string of the molecule is COc1cc(Cn2ncc3c(-c4cccc(-c5ccc(CN(C[C@@H]6CCC(=O)N6)C(=O)OC(C)(C)C)cc5)c4Cl)cccc32)c(N)cc1CN[C@@H](COCC(C)C)C(=O)OCC(C)C. The minimum Gasteiger partial charge on any atom is -0.496 e. The first kappa shape index (κ1) is 47.8. The van der Waals surface area contributed by atoms with Crippen molar-refractivity contribution in [3.8, 4) is 28.0 Å². The van der Waals surface area contributed by atoms with Crippen LogP contribution >= 0.6 is 11.6 Å². The second kappa shape index (κ2) is 21.4. The zero-order chi connectivity index (χ0) is 46.1. The summed E-state index contributed by atoms with van der Waals surface area (Å²) in [4.78, 5) is 39.8. The standard InChI is InChI=1S/C50H63ClN6O7/c1-31(2)28-62-30-43(48(59)63-29-32(3)4)53-23-35-21-42(52)36(22-45(35)61-8)26-57-44-14-10-12-39(41(44)24-54-57)40-13-9-11-38(47(40)51)34-17-15-33(16-18-34)25-56(49(60)64-50(5,6)7)27-37-19-20-46(58)55-37/h9-18,21-22,24,31-32,37,43,53H,19-20,23,25-30,52H2,1-8H3,(H,55,58)/t37-,43-/m0/s1. The van der Waals surface area contributed by atoms with E-state index < -0.39 is 17.7 Å². The van der Waals surface area contributed by atoms with Crippen molar-refractivity contribution in [3.63, 3.8) is 0 Å². The normalized spacial score (nSPS) is 14.5. The lowest BCUT2D eigenvalue weighted by atomic mass is 9.96. The van der Waals surface area contributed by atoms with Crippen LogP contribution in [0.25, 0.3) is 33.2 Å². The number of amides is 2. The zero-order valence-corrected chi connectivity index (χ0v) is 39.1. The average molecular weight is 896 g/mol. The van der Waals surface area contributed by atoms with Crippen LogP contribution in [-0.4, -0.2) is 83.8 Å². The Morgan fingerprint density at radius 3 is 2.33 bits per heavy atom. The Morgan fingerprint density at radius 2 is 1.66 bits per heavy atom. The van der Waals surface area contributed by atoms with Crippen LogP contribution in [0, 0.1) is 11.8 Å². The topological polar surface area (TPSA) is 159 Å². The summed E-state index contributed by atoms with van der Waals surface area (Å²) in [5.41, 5.74) is 13.6. The molecule has 4 aromatic carbocycles. The van der Waals surface area contributed by atoms with Crippen LogP contribution in [0.5, 0.6) is 5.75 Å². The van der Waals surface area contributed by atoms with E-state index in [1.807, 2.05) is 118 Å². The van der Waals surface area contributed by atoms with E-state index in [1.165, 1.54) is 0 Å². The lowest BCUT2D eigenvalue weighted by Crippen LogP contribution is -2.43. The highest BCUT2D eigenvalue weighted by atomic mass is 35.5. The van der Waals surface area contributed by atoms with Gasteiger partial charge in [-0.25, -0.2) is 4.79 Å². The Hall–Kier alpha value is -5.63. The fraction of sp³-hybridized carbons (Fsp3) is 0.440. The first-order chi connectivity index (χ1) is 30.5. The number of nitrogens with one attached hydrogen (secondary N) is 2. The summed E-state index contributed by atoms with van der Waals surface area (Å²) >= 11 is 7.25. The number of nitrogens with two attached hydrogens (primary N) is 1. The molecule has 2 heterocycles. The number of carbonyl (C=O) groups excluding carboxylic acids is 3. The summed E-state index contributed by atoms with van der Waals surface area (Å²) in [6, 6.07) is 23.1. The number of aromatic nitrogens is 2. The van der Waals surface area contributed by atoms with Crippen molar-refractivity contribution in [1.29, 1.82) is 0 Å². The van der Waals surface area contributed by atoms with Crippen molar-refractivity contribution in [3.05, 3.63) is 101 Å². The van der Waals surface area contributed by atoms with E-state index in [9.17, 15) is 14.4 Å². The number of hydrogen-bond acceptors (Lipinski definition) is 10. The molecule has 342 valence electrons. The summed E-state index contributed by atoms with van der Waals surface area (Å²) in [6.07, 6.45) is 2.55. The van der Waals surface area contributed by atoms with Crippen molar-refractivity contribution in [2.45, 2.75) is 98.6 Å². The van der Waals surface area contributed by atoms with E-state index in [-0.39, 0.29) is 30.4 Å². The Balaban J connectivity index is 1.19. The van der Waals surface area contributed by atoms with Gasteiger partial charge in [0, 0.05) is 72.0 Å². The van der Waals surface area contributed by atoms with Crippen LogP contribution in [0.15, 0.2) is 79.0 Å². The molecule has 2 atom stereocenters. The number of hydrogen-bond donors (Lipinski definition) is 3. The van der Waals surface area contributed by atoms with Crippen molar-refractivity contribution in [2.24, 2.45) is 11.8 Å². The van der Waals surface area contributed by atoms with Gasteiger partial charge in [-0.1, -0.05) is 93.9 Å². The molecule has 0 bridgehead atoms. The number of benzene rings is 4. The van der Waals surface area contributed by atoms with Crippen molar-refractivity contribution in [1.82, 2.24) is 25.3 Å². The molecule has 0 radical (unpaired) electrons. The quantitative estimate of drug-likeness (QED) is 0.0540. The second-order valence-corrected chi connectivity index (χ2v) is 18.7. The van der Waals surface area contributed by atoms with Gasteiger partial charge in [0.1, 0.15) is 17.4 Å². The van der Waals surface area contributed by atoms with Gasteiger partial charge in [0.2, 0.25) is 5.91 Å². The predicted molar refractivity (Wildman–Crippen MR) is 252 cm³/mol. The largest absolute Gasteiger partial charge is 0.496 e. The van der Waals surface area contributed by atoms with Gasteiger partial charge in [-0.15, -0.1) is 0 Å². The van der Waals surface area contributed by atoms with Crippen LogP contribution in [0.2, 0.25) is 5.02 Å². The van der Waals surface area contributed by atoms with Gasteiger partial charge in [-0.3, -0.25) is 19.6 Å². The highest BCUT2D eigenvalue weighted by molar-refractivity contribution is 6.36. The minimum atomic E-state index is -0.657. The van der Waals surface area contributed by atoms with Crippen molar-refractivity contribution in [2.75, 3.05) is 39.2 Å². The maximum absolute atomic E-state index is 13.2. The van der Waals surface area contributed by atoms with Crippen LogP contribution in [-0.2, 0) is 43.4 Å². The average Bonchev–Trinajstić information content (AvgIpc) is 3.86. The summed E-state index contributed by atoms with van der Waals surface area (Å²) in [5.74, 6) is 0.811.